The lowest BCUT2D eigenvalue weighted by atomic mass is 10.0. The molecule has 0 aromatic heterocycles. The average molecular weight is 368 g/mol. The summed E-state index contributed by atoms with van der Waals surface area (Å²) in [5, 5.41) is 3.08. The summed E-state index contributed by atoms with van der Waals surface area (Å²) in [4.78, 5) is 14.7. The molecular formula is C22H28N2O3. The predicted molar refractivity (Wildman–Crippen MR) is 106 cm³/mol. The number of aryl methyl sites for hydroxylation is 1. The number of hydrogen-bond donors (Lipinski definition) is 1. The van der Waals surface area contributed by atoms with Gasteiger partial charge in [0.2, 0.25) is 5.91 Å². The molecule has 1 amide bonds. The summed E-state index contributed by atoms with van der Waals surface area (Å²) in [7, 11) is 0. The van der Waals surface area contributed by atoms with Crippen molar-refractivity contribution in [3.05, 3.63) is 65.7 Å². The van der Waals surface area contributed by atoms with E-state index in [1.165, 1.54) is 11.1 Å². The number of hydrogen-bond acceptors (Lipinski definition) is 4. The van der Waals surface area contributed by atoms with Crippen molar-refractivity contribution in [2.75, 3.05) is 39.5 Å². The first-order valence-electron chi connectivity index (χ1n) is 9.55. The Morgan fingerprint density at radius 1 is 1.15 bits per heavy atom. The molecule has 1 fully saturated rings. The molecule has 0 saturated carbocycles. The zero-order chi connectivity index (χ0) is 18.9. The summed E-state index contributed by atoms with van der Waals surface area (Å²) in [6, 6.07) is 18.2. The molecule has 1 unspecified atom stereocenters. The third-order valence-corrected chi connectivity index (χ3v) is 4.75. The Hall–Kier alpha value is -2.37. The maximum Gasteiger partial charge on any atom is 0.223 e. The van der Waals surface area contributed by atoms with Crippen molar-refractivity contribution in [2.24, 2.45) is 0 Å². The minimum absolute atomic E-state index is 0.0110. The highest BCUT2D eigenvalue weighted by molar-refractivity contribution is 5.76. The molecule has 1 aliphatic heterocycles. The maximum atomic E-state index is 12.3. The van der Waals surface area contributed by atoms with Gasteiger partial charge in [-0.15, -0.1) is 0 Å². The normalized spacial score (nSPS) is 15.9. The molecule has 1 atom stereocenters. The van der Waals surface area contributed by atoms with E-state index in [-0.39, 0.29) is 11.9 Å². The average Bonchev–Trinajstić information content (AvgIpc) is 2.70. The highest BCUT2D eigenvalue weighted by Gasteiger charge is 2.23. The maximum absolute atomic E-state index is 12.3. The van der Waals surface area contributed by atoms with Crippen molar-refractivity contribution < 1.29 is 14.3 Å². The van der Waals surface area contributed by atoms with Crippen LogP contribution in [0.1, 0.15) is 23.6 Å². The van der Waals surface area contributed by atoms with Crippen LogP contribution in [0.15, 0.2) is 54.6 Å². The molecule has 1 N–H and O–H groups in total. The van der Waals surface area contributed by atoms with Crippen LogP contribution < -0.4 is 10.1 Å². The fraction of sp³-hybridized carbons (Fsp3) is 0.409. The van der Waals surface area contributed by atoms with Crippen molar-refractivity contribution in [1.29, 1.82) is 0 Å². The van der Waals surface area contributed by atoms with Crippen molar-refractivity contribution in [1.82, 2.24) is 10.2 Å². The van der Waals surface area contributed by atoms with Crippen molar-refractivity contribution in [3.8, 4) is 5.75 Å². The van der Waals surface area contributed by atoms with E-state index in [2.05, 4.69) is 41.4 Å². The van der Waals surface area contributed by atoms with Gasteiger partial charge in [-0.3, -0.25) is 9.69 Å². The zero-order valence-electron chi connectivity index (χ0n) is 15.9. The first kappa shape index (κ1) is 19.4. The lowest BCUT2D eigenvalue weighted by Gasteiger charge is -2.35. The first-order chi connectivity index (χ1) is 13.2. The summed E-state index contributed by atoms with van der Waals surface area (Å²) in [5.41, 5.74) is 2.46. The van der Waals surface area contributed by atoms with Gasteiger partial charge in [-0.2, -0.15) is 0 Å². The Labute approximate surface area is 161 Å². The second-order valence-electron chi connectivity index (χ2n) is 6.79. The largest absolute Gasteiger partial charge is 0.493 e. The Balaban J connectivity index is 1.53. The van der Waals surface area contributed by atoms with Crippen LogP contribution in [0.2, 0.25) is 0 Å². The topological polar surface area (TPSA) is 50.8 Å². The van der Waals surface area contributed by atoms with Crippen LogP contribution in [0.5, 0.6) is 5.75 Å². The molecule has 144 valence electrons. The third kappa shape index (κ3) is 6.08. The van der Waals surface area contributed by atoms with E-state index in [0.717, 1.165) is 32.1 Å². The molecule has 3 rings (SSSR count). The third-order valence-electron chi connectivity index (χ3n) is 4.75. The highest BCUT2D eigenvalue weighted by atomic mass is 16.5. The van der Waals surface area contributed by atoms with Gasteiger partial charge in [0, 0.05) is 19.6 Å². The number of carbonyl (C=O) groups excluding carboxylic acids is 1. The molecule has 1 saturated heterocycles. The second kappa shape index (κ2) is 10.1. The summed E-state index contributed by atoms with van der Waals surface area (Å²) in [5.74, 6) is 0.799. The lowest BCUT2D eigenvalue weighted by Crippen LogP contribution is -2.44. The van der Waals surface area contributed by atoms with Crippen LogP contribution in [0.3, 0.4) is 0 Å². The fourth-order valence-electron chi connectivity index (χ4n) is 3.30. The molecule has 1 heterocycles. The molecule has 0 aliphatic carbocycles. The van der Waals surface area contributed by atoms with Gasteiger partial charge in [0.15, 0.2) is 0 Å². The van der Waals surface area contributed by atoms with E-state index in [1.807, 2.05) is 30.3 Å². The van der Waals surface area contributed by atoms with Crippen molar-refractivity contribution in [2.45, 2.75) is 19.4 Å². The van der Waals surface area contributed by atoms with E-state index < -0.39 is 0 Å². The summed E-state index contributed by atoms with van der Waals surface area (Å²) in [6.07, 6.45) is 0.346. The fourth-order valence-corrected chi connectivity index (χ4v) is 3.30. The Bertz CT molecular complexity index is 715. The van der Waals surface area contributed by atoms with Gasteiger partial charge in [-0.25, -0.2) is 0 Å². The van der Waals surface area contributed by atoms with E-state index in [9.17, 15) is 4.79 Å². The standard InChI is InChI=1S/C22H28N2O3/c1-18-6-5-7-19(16-18)21(24-11-14-26-15-12-24)17-23-22(25)10-13-27-20-8-3-2-4-9-20/h2-9,16,21H,10-15,17H2,1H3,(H,23,25). The van der Waals surface area contributed by atoms with E-state index >= 15 is 0 Å². The molecule has 27 heavy (non-hydrogen) atoms. The van der Waals surface area contributed by atoms with Gasteiger partial charge >= 0.3 is 0 Å². The summed E-state index contributed by atoms with van der Waals surface area (Å²) < 4.78 is 11.1. The van der Waals surface area contributed by atoms with Gasteiger partial charge < -0.3 is 14.8 Å². The molecular weight excluding hydrogens is 340 g/mol. The number of amides is 1. The van der Waals surface area contributed by atoms with Gasteiger partial charge in [0.25, 0.3) is 0 Å². The highest BCUT2D eigenvalue weighted by Crippen LogP contribution is 2.22. The van der Waals surface area contributed by atoms with E-state index in [0.29, 0.717) is 19.6 Å². The smallest absolute Gasteiger partial charge is 0.223 e. The predicted octanol–water partition coefficient (Wildman–Crippen LogP) is 2.95. The molecule has 2 aromatic carbocycles. The van der Waals surface area contributed by atoms with E-state index in [4.69, 9.17) is 9.47 Å². The molecule has 5 heteroatoms. The number of benzene rings is 2. The van der Waals surface area contributed by atoms with Crippen LogP contribution >= 0.6 is 0 Å². The number of rotatable bonds is 8. The van der Waals surface area contributed by atoms with Crippen LogP contribution in [0, 0.1) is 6.92 Å². The molecule has 0 radical (unpaired) electrons. The minimum atomic E-state index is 0.0110. The van der Waals surface area contributed by atoms with Gasteiger partial charge in [-0.1, -0.05) is 48.0 Å². The number of carbonyl (C=O) groups is 1. The summed E-state index contributed by atoms with van der Waals surface area (Å²) in [6.45, 7) is 6.30. The van der Waals surface area contributed by atoms with Crippen LogP contribution in [-0.2, 0) is 9.53 Å². The molecule has 0 spiro atoms. The monoisotopic (exact) mass is 368 g/mol. The zero-order valence-corrected chi connectivity index (χ0v) is 15.9. The number of ether oxygens (including phenoxy) is 2. The lowest BCUT2D eigenvalue weighted by molar-refractivity contribution is -0.121. The first-order valence-corrected chi connectivity index (χ1v) is 9.55. The van der Waals surface area contributed by atoms with Crippen LogP contribution in [-0.4, -0.2) is 50.3 Å². The summed E-state index contributed by atoms with van der Waals surface area (Å²) >= 11 is 0. The number of nitrogens with one attached hydrogen (secondary N) is 1. The van der Waals surface area contributed by atoms with Crippen LogP contribution in [0.4, 0.5) is 0 Å². The molecule has 5 nitrogen and oxygen atoms in total. The van der Waals surface area contributed by atoms with Crippen molar-refractivity contribution >= 4 is 5.91 Å². The minimum Gasteiger partial charge on any atom is -0.493 e. The number of morpholine rings is 1. The molecule has 2 aromatic rings. The number of para-hydroxylation sites is 1. The van der Waals surface area contributed by atoms with Gasteiger partial charge in [-0.05, 0) is 24.6 Å². The Morgan fingerprint density at radius 3 is 2.67 bits per heavy atom. The second-order valence-corrected chi connectivity index (χ2v) is 6.79. The van der Waals surface area contributed by atoms with Crippen LogP contribution in [0.25, 0.3) is 0 Å². The number of nitrogens with zero attached hydrogens (tertiary/aromatic N) is 1. The Morgan fingerprint density at radius 2 is 1.93 bits per heavy atom. The molecule has 0 bridgehead atoms. The molecule has 1 aliphatic rings. The SMILES string of the molecule is Cc1cccc(C(CNC(=O)CCOc2ccccc2)N2CCOCC2)c1. The van der Waals surface area contributed by atoms with Gasteiger partial charge in [0.05, 0.1) is 32.3 Å². The quantitative estimate of drug-likeness (QED) is 0.778. The van der Waals surface area contributed by atoms with E-state index in [1.54, 1.807) is 0 Å². The Kier molecular flexibility index (Phi) is 7.25. The van der Waals surface area contributed by atoms with Crippen molar-refractivity contribution in [3.63, 3.8) is 0 Å². The van der Waals surface area contributed by atoms with Gasteiger partial charge in [0.1, 0.15) is 5.75 Å².